The number of rotatable bonds is 3. The van der Waals surface area contributed by atoms with Crippen molar-refractivity contribution in [3.8, 4) is 0 Å². The Balaban J connectivity index is 0.000000203. The molecule has 3 N–H and O–H groups in total. The molecule has 1 unspecified atom stereocenters. The van der Waals surface area contributed by atoms with Gasteiger partial charge in [-0.05, 0) is 38.4 Å². The summed E-state index contributed by atoms with van der Waals surface area (Å²) in [6.07, 6.45) is 4.70. The maximum atomic E-state index is 11.1. The number of primary amides is 1. The van der Waals surface area contributed by atoms with Gasteiger partial charge in [0.25, 0.3) is 5.91 Å². The molecule has 4 aromatic rings. The number of carbonyl (C=O) groups is 1. The van der Waals surface area contributed by atoms with E-state index in [1.165, 1.54) is 23.3 Å². The molecule has 0 bridgehead atoms. The molecule has 0 spiro atoms. The monoisotopic (exact) mass is 659 g/mol. The van der Waals surface area contributed by atoms with E-state index >= 15 is 0 Å². The summed E-state index contributed by atoms with van der Waals surface area (Å²) in [5.74, 6) is -0.528. The van der Waals surface area contributed by atoms with Gasteiger partial charge in [-0.15, -0.1) is 0 Å². The number of hydrogen-bond donors (Lipinski definition) is 2. The quantitative estimate of drug-likeness (QED) is 0.313. The van der Waals surface area contributed by atoms with Crippen LogP contribution < -0.4 is 27.4 Å². The van der Waals surface area contributed by atoms with E-state index in [4.69, 9.17) is 10.5 Å². The van der Waals surface area contributed by atoms with Crippen LogP contribution in [0.4, 0.5) is 0 Å². The molecule has 1 saturated heterocycles. The van der Waals surface area contributed by atoms with Gasteiger partial charge >= 0.3 is 54.1 Å². The fourth-order valence-electron chi connectivity index (χ4n) is 3.46. The van der Waals surface area contributed by atoms with Gasteiger partial charge in [0.15, 0.2) is 0 Å². The SMILES string of the molecule is CCOC1CCCNC1.NC(=O)c1ccc2ccc3cccnc3c2n1.[Cl-].[Pt+][c]1ccccc1. The van der Waals surface area contributed by atoms with E-state index in [2.05, 4.69) is 54.2 Å². The third kappa shape index (κ3) is 8.44. The number of pyridine rings is 2. The predicted octanol–water partition coefficient (Wildman–Crippen LogP) is 0.520. The van der Waals surface area contributed by atoms with Crippen LogP contribution in [0.3, 0.4) is 0 Å². The average molecular weight is 660 g/mol. The van der Waals surface area contributed by atoms with Crippen molar-refractivity contribution in [1.82, 2.24) is 15.3 Å². The Morgan fingerprint density at radius 1 is 1.06 bits per heavy atom. The van der Waals surface area contributed by atoms with Crippen molar-refractivity contribution in [1.29, 1.82) is 0 Å². The number of carbonyl (C=O) groups excluding carboxylic acids is 1. The van der Waals surface area contributed by atoms with Gasteiger partial charge in [-0.2, -0.15) is 0 Å². The zero-order valence-electron chi connectivity index (χ0n) is 19.0. The molecule has 182 valence electrons. The van der Waals surface area contributed by atoms with Crippen molar-refractivity contribution < 1.29 is 41.8 Å². The zero-order valence-corrected chi connectivity index (χ0v) is 22.1. The Kier molecular flexibility index (Phi) is 12.1. The zero-order chi connectivity index (χ0) is 23.5. The van der Waals surface area contributed by atoms with Crippen LogP contribution in [0.15, 0.2) is 72.9 Å². The third-order valence-electron chi connectivity index (χ3n) is 5.05. The van der Waals surface area contributed by atoms with Gasteiger partial charge in [-0.1, -0.05) is 24.3 Å². The van der Waals surface area contributed by atoms with E-state index < -0.39 is 5.91 Å². The first-order valence-corrected chi connectivity index (χ1v) is 12.2. The van der Waals surface area contributed by atoms with Crippen LogP contribution in [0.2, 0.25) is 0 Å². The molecule has 3 heterocycles. The molecule has 1 fully saturated rings. The first kappa shape index (κ1) is 27.9. The van der Waals surface area contributed by atoms with Crippen LogP contribution in [-0.4, -0.2) is 41.7 Å². The van der Waals surface area contributed by atoms with Gasteiger partial charge in [-0.25, -0.2) is 4.98 Å². The summed E-state index contributed by atoms with van der Waals surface area (Å²) in [6, 6.07) is 21.4. The average Bonchev–Trinajstić information content (AvgIpc) is 2.86. The standard InChI is InChI=1S/C13H9N3O.C7H15NO.C6H5.ClH.Pt/c14-13(17)10-6-5-9-4-3-8-2-1-7-15-11(8)12(9)16-10;1-2-9-7-4-3-5-8-6-7;1-2-4-6-5-3-1;;/h1-7H,(H2,14,17);7-8H,2-6H2,1H3;1-5H;1H;/q;;;;+1/p-1. The Morgan fingerprint density at radius 3 is 2.35 bits per heavy atom. The van der Waals surface area contributed by atoms with Crippen molar-refractivity contribution in [2.45, 2.75) is 25.9 Å². The van der Waals surface area contributed by atoms with Gasteiger partial charge in [0.05, 0.1) is 17.1 Å². The summed E-state index contributed by atoms with van der Waals surface area (Å²) >= 11 is 2.27. The number of ether oxygens (including phenoxy) is 1. The van der Waals surface area contributed by atoms with Crippen molar-refractivity contribution in [2.24, 2.45) is 5.73 Å². The number of benzene rings is 2. The van der Waals surface area contributed by atoms with E-state index in [9.17, 15) is 4.79 Å². The molecule has 2 aromatic carbocycles. The van der Waals surface area contributed by atoms with E-state index in [1.807, 2.05) is 48.5 Å². The number of nitrogens with one attached hydrogen (secondary N) is 1. The molecule has 0 radical (unpaired) electrons. The van der Waals surface area contributed by atoms with Crippen molar-refractivity contribution >= 4 is 31.7 Å². The summed E-state index contributed by atoms with van der Waals surface area (Å²) in [5, 5.41) is 5.23. The number of fused-ring (bicyclic) bond motifs is 3. The summed E-state index contributed by atoms with van der Waals surface area (Å²) in [6.45, 7) is 5.12. The Bertz CT molecular complexity index is 1170. The van der Waals surface area contributed by atoms with E-state index in [-0.39, 0.29) is 18.1 Å². The van der Waals surface area contributed by atoms with Crippen LogP contribution in [0.5, 0.6) is 0 Å². The topological polar surface area (TPSA) is 90.1 Å². The molecule has 5 rings (SSSR count). The second-order valence-electron chi connectivity index (χ2n) is 7.46. The summed E-state index contributed by atoms with van der Waals surface area (Å²) < 4.78 is 6.71. The van der Waals surface area contributed by atoms with Crippen LogP contribution >= 0.6 is 0 Å². The molecule has 0 aliphatic carbocycles. The molecule has 0 saturated carbocycles. The van der Waals surface area contributed by atoms with Gasteiger partial charge in [0.2, 0.25) is 0 Å². The van der Waals surface area contributed by atoms with Crippen molar-refractivity contribution in [3.63, 3.8) is 0 Å². The molecule has 8 heteroatoms. The first-order chi connectivity index (χ1) is 16.1. The minimum atomic E-state index is -0.528. The molecule has 34 heavy (non-hydrogen) atoms. The molecule has 1 amide bonds. The molecule has 2 aromatic heterocycles. The van der Waals surface area contributed by atoms with E-state index in [0.29, 0.717) is 11.6 Å². The second kappa shape index (κ2) is 14.8. The van der Waals surface area contributed by atoms with Crippen LogP contribution in [-0.2, 0) is 24.6 Å². The molecular formula is C26H29ClN4O2Pt. The summed E-state index contributed by atoms with van der Waals surface area (Å²) in [5.41, 5.74) is 6.98. The number of amides is 1. The van der Waals surface area contributed by atoms with Crippen molar-refractivity contribution in [3.05, 3.63) is 78.6 Å². The maximum absolute atomic E-state index is 11.1. The minimum absolute atomic E-state index is 0. The fourth-order valence-corrected chi connectivity index (χ4v) is 3.90. The number of halogens is 1. The first-order valence-electron chi connectivity index (χ1n) is 11.0. The number of piperidine rings is 1. The van der Waals surface area contributed by atoms with Crippen molar-refractivity contribution in [2.75, 3.05) is 19.7 Å². The van der Waals surface area contributed by atoms with Crippen LogP contribution in [0.1, 0.15) is 30.3 Å². The number of aromatic nitrogens is 2. The van der Waals surface area contributed by atoms with Gasteiger partial charge in [0, 0.05) is 30.1 Å². The Labute approximate surface area is 218 Å². The Morgan fingerprint density at radius 2 is 1.76 bits per heavy atom. The number of nitrogens with two attached hydrogens (primary N) is 1. The van der Waals surface area contributed by atoms with Crippen LogP contribution in [0.25, 0.3) is 21.8 Å². The van der Waals surface area contributed by atoms with E-state index in [0.717, 1.165) is 29.4 Å². The second-order valence-corrected chi connectivity index (χ2v) is 8.77. The van der Waals surface area contributed by atoms with Gasteiger partial charge in [-0.3, -0.25) is 9.78 Å². The summed E-state index contributed by atoms with van der Waals surface area (Å²) in [7, 11) is 0. The predicted molar refractivity (Wildman–Crippen MR) is 129 cm³/mol. The number of hydrogen-bond acceptors (Lipinski definition) is 5. The van der Waals surface area contributed by atoms with Gasteiger partial charge in [0.1, 0.15) is 5.69 Å². The molecule has 1 aliphatic heterocycles. The third-order valence-corrected chi connectivity index (χ3v) is 5.81. The molecular weight excluding hydrogens is 631 g/mol. The number of nitrogens with zero attached hydrogens (tertiary/aromatic N) is 2. The molecule has 1 atom stereocenters. The molecule has 1 aliphatic rings. The normalized spacial score (nSPS) is 14.7. The Hall–Kier alpha value is -2.37. The van der Waals surface area contributed by atoms with Gasteiger partial charge < -0.3 is 28.2 Å². The summed E-state index contributed by atoms with van der Waals surface area (Å²) in [4.78, 5) is 19.7. The molecule has 6 nitrogen and oxygen atoms in total. The van der Waals surface area contributed by atoms with E-state index in [1.54, 1.807) is 12.3 Å². The fraction of sp³-hybridized carbons (Fsp3) is 0.269. The van der Waals surface area contributed by atoms with Crippen LogP contribution in [0, 0.1) is 0 Å².